The van der Waals surface area contributed by atoms with Crippen molar-refractivity contribution < 1.29 is 9.59 Å². The lowest BCUT2D eigenvalue weighted by molar-refractivity contribution is -0.142. The molecular weight excluding hydrogens is 372 g/mol. The van der Waals surface area contributed by atoms with Gasteiger partial charge >= 0.3 is 0 Å². The highest BCUT2D eigenvalue weighted by molar-refractivity contribution is 5.84. The predicted octanol–water partition coefficient (Wildman–Crippen LogP) is 4.61. The lowest BCUT2D eigenvalue weighted by atomic mass is 9.85. The molecule has 2 aromatic rings. The van der Waals surface area contributed by atoms with Gasteiger partial charge in [-0.05, 0) is 30.9 Å². The summed E-state index contributed by atoms with van der Waals surface area (Å²) in [5.41, 5.74) is 1.95. The summed E-state index contributed by atoms with van der Waals surface area (Å²) >= 11 is 0. The van der Waals surface area contributed by atoms with Crippen LogP contribution in [0.5, 0.6) is 0 Å². The molecular formula is C26H34N2O2. The highest BCUT2D eigenvalue weighted by atomic mass is 16.2. The standard InChI is InChI=1S/C26H34N2O2/c1-19(23(20-12-7-5-8-13-20)21-14-9-6-10-15-21)27-24(29)22-16-11-17-28(18-22)25(30)26(2,3)4/h5-10,12-15,19,22-23H,11,16-18H2,1-4H3,(H,27,29). The number of nitrogens with one attached hydrogen (secondary N) is 1. The Morgan fingerprint density at radius 2 is 1.50 bits per heavy atom. The van der Waals surface area contributed by atoms with Gasteiger partial charge < -0.3 is 10.2 Å². The Bertz CT molecular complexity index is 803. The van der Waals surface area contributed by atoms with Gasteiger partial charge in [-0.1, -0.05) is 81.4 Å². The van der Waals surface area contributed by atoms with Crippen molar-refractivity contribution in [3.05, 3.63) is 71.8 Å². The maximum absolute atomic E-state index is 13.1. The first-order valence-corrected chi connectivity index (χ1v) is 11.0. The van der Waals surface area contributed by atoms with Crippen LogP contribution in [0.25, 0.3) is 0 Å². The van der Waals surface area contributed by atoms with Gasteiger partial charge in [-0.15, -0.1) is 0 Å². The van der Waals surface area contributed by atoms with Gasteiger partial charge in [-0.2, -0.15) is 0 Å². The molecule has 1 heterocycles. The maximum atomic E-state index is 13.1. The monoisotopic (exact) mass is 406 g/mol. The molecule has 0 aliphatic carbocycles. The van der Waals surface area contributed by atoms with E-state index >= 15 is 0 Å². The summed E-state index contributed by atoms with van der Waals surface area (Å²) in [4.78, 5) is 27.7. The van der Waals surface area contributed by atoms with Crippen molar-refractivity contribution >= 4 is 11.8 Å². The smallest absolute Gasteiger partial charge is 0.227 e. The van der Waals surface area contributed by atoms with Crippen molar-refractivity contribution in [3.63, 3.8) is 0 Å². The summed E-state index contributed by atoms with van der Waals surface area (Å²) in [5, 5.41) is 3.27. The molecule has 1 aliphatic rings. The second kappa shape index (κ2) is 9.46. The summed E-state index contributed by atoms with van der Waals surface area (Å²) in [7, 11) is 0. The van der Waals surface area contributed by atoms with E-state index < -0.39 is 5.41 Å². The number of rotatable bonds is 5. The van der Waals surface area contributed by atoms with Gasteiger partial charge in [-0.3, -0.25) is 9.59 Å². The van der Waals surface area contributed by atoms with E-state index in [9.17, 15) is 9.59 Å². The van der Waals surface area contributed by atoms with E-state index in [1.165, 1.54) is 11.1 Å². The second-order valence-electron chi connectivity index (χ2n) is 9.44. The highest BCUT2D eigenvalue weighted by Gasteiger charge is 2.34. The highest BCUT2D eigenvalue weighted by Crippen LogP contribution is 2.29. The Kier molecular flexibility index (Phi) is 6.96. The Morgan fingerprint density at radius 3 is 2.00 bits per heavy atom. The lowest BCUT2D eigenvalue weighted by Crippen LogP contribution is -2.50. The van der Waals surface area contributed by atoms with Crippen LogP contribution in [0.15, 0.2) is 60.7 Å². The number of benzene rings is 2. The summed E-state index contributed by atoms with van der Waals surface area (Å²) in [6, 6.07) is 20.6. The van der Waals surface area contributed by atoms with Gasteiger partial charge in [0.05, 0.1) is 5.92 Å². The molecule has 1 fully saturated rings. The topological polar surface area (TPSA) is 49.4 Å². The van der Waals surface area contributed by atoms with E-state index in [2.05, 4.69) is 36.5 Å². The fraction of sp³-hybridized carbons (Fsp3) is 0.462. The van der Waals surface area contributed by atoms with Crippen molar-refractivity contribution in [2.24, 2.45) is 11.3 Å². The van der Waals surface area contributed by atoms with Crippen LogP contribution in [0.2, 0.25) is 0 Å². The van der Waals surface area contributed by atoms with E-state index in [1.807, 2.05) is 62.1 Å². The molecule has 30 heavy (non-hydrogen) atoms. The van der Waals surface area contributed by atoms with Gasteiger partial charge in [0, 0.05) is 30.5 Å². The molecule has 0 radical (unpaired) electrons. The average molecular weight is 407 g/mol. The fourth-order valence-corrected chi connectivity index (χ4v) is 4.37. The molecule has 2 aromatic carbocycles. The minimum Gasteiger partial charge on any atom is -0.352 e. The van der Waals surface area contributed by atoms with E-state index in [0.29, 0.717) is 6.54 Å². The SMILES string of the molecule is CC(NC(=O)C1CCCN(C(=O)C(C)(C)C)C1)C(c1ccccc1)c1ccccc1. The van der Waals surface area contributed by atoms with E-state index in [4.69, 9.17) is 0 Å². The summed E-state index contributed by atoms with van der Waals surface area (Å²) in [6.07, 6.45) is 1.70. The van der Waals surface area contributed by atoms with Crippen molar-refractivity contribution in [1.82, 2.24) is 10.2 Å². The van der Waals surface area contributed by atoms with Crippen molar-refractivity contribution in [1.29, 1.82) is 0 Å². The largest absolute Gasteiger partial charge is 0.352 e. The number of carbonyl (C=O) groups excluding carboxylic acids is 2. The van der Waals surface area contributed by atoms with Crippen LogP contribution in [-0.4, -0.2) is 35.8 Å². The number of carbonyl (C=O) groups is 2. The summed E-state index contributed by atoms with van der Waals surface area (Å²) in [5.74, 6) is 0.0946. The number of amides is 2. The molecule has 2 amide bonds. The number of nitrogens with zero attached hydrogens (tertiary/aromatic N) is 1. The summed E-state index contributed by atoms with van der Waals surface area (Å²) < 4.78 is 0. The molecule has 2 unspecified atom stereocenters. The van der Waals surface area contributed by atoms with Gasteiger partial charge in [0.1, 0.15) is 0 Å². The third kappa shape index (κ3) is 5.29. The minimum absolute atomic E-state index is 0.0470. The zero-order chi connectivity index (χ0) is 21.7. The van der Waals surface area contributed by atoms with Crippen LogP contribution in [0.3, 0.4) is 0 Å². The molecule has 0 bridgehead atoms. The van der Waals surface area contributed by atoms with Crippen LogP contribution in [0.1, 0.15) is 57.6 Å². The van der Waals surface area contributed by atoms with Gasteiger partial charge in [0.15, 0.2) is 0 Å². The normalized spacial score (nSPS) is 18.2. The molecule has 0 spiro atoms. The summed E-state index contributed by atoms with van der Waals surface area (Å²) in [6.45, 7) is 9.13. The van der Waals surface area contributed by atoms with Crippen molar-refractivity contribution in [2.75, 3.05) is 13.1 Å². The van der Waals surface area contributed by atoms with Gasteiger partial charge in [0.25, 0.3) is 0 Å². The maximum Gasteiger partial charge on any atom is 0.227 e. The molecule has 4 nitrogen and oxygen atoms in total. The number of hydrogen-bond acceptors (Lipinski definition) is 2. The lowest BCUT2D eigenvalue weighted by Gasteiger charge is -2.36. The van der Waals surface area contributed by atoms with Gasteiger partial charge in [0.2, 0.25) is 11.8 Å². The van der Waals surface area contributed by atoms with Crippen molar-refractivity contribution in [3.8, 4) is 0 Å². The number of hydrogen-bond donors (Lipinski definition) is 1. The predicted molar refractivity (Wildman–Crippen MR) is 121 cm³/mol. The van der Waals surface area contributed by atoms with Crippen LogP contribution in [0, 0.1) is 11.3 Å². The quantitative estimate of drug-likeness (QED) is 0.788. The van der Waals surface area contributed by atoms with Crippen LogP contribution in [-0.2, 0) is 9.59 Å². The molecule has 3 rings (SSSR count). The molecule has 2 atom stereocenters. The Morgan fingerprint density at radius 1 is 0.967 bits per heavy atom. The van der Waals surface area contributed by atoms with Crippen LogP contribution in [0.4, 0.5) is 0 Å². The zero-order valence-corrected chi connectivity index (χ0v) is 18.6. The average Bonchev–Trinajstić information content (AvgIpc) is 2.74. The molecule has 1 saturated heterocycles. The molecule has 0 aromatic heterocycles. The first-order valence-electron chi connectivity index (χ1n) is 11.0. The molecule has 1 aliphatic heterocycles. The van der Waals surface area contributed by atoms with Gasteiger partial charge in [-0.25, -0.2) is 0 Å². The number of piperidine rings is 1. The van der Waals surface area contributed by atoms with E-state index in [0.717, 1.165) is 19.4 Å². The molecule has 0 saturated carbocycles. The molecule has 160 valence electrons. The van der Waals surface area contributed by atoms with Crippen molar-refractivity contribution in [2.45, 2.75) is 52.5 Å². The minimum atomic E-state index is -0.419. The Hall–Kier alpha value is -2.62. The third-order valence-electron chi connectivity index (χ3n) is 5.91. The van der Waals surface area contributed by atoms with E-state index in [-0.39, 0.29) is 29.7 Å². The number of likely N-dealkylation sites (tertiary alicyclic amines) is 1. The molecule has 1 N–H and O–H groups in total. The fourth-order valence-electron chi connectivity index (χ4n) is 4.37. The zero-order valence-electron chi connectivity index (χ0n) is 18.6. The molecule has 4 heteroatoms. The second-order valence-corrected chi connectivity index (χ2v) is 9.44. The van der Waals surface area contributed by atoms with Crippen LogP contribution >= 0.6 is 0 Å². The first kappa shape index (κ1) is 22.1. The first-order chi connectivity index (χ1) is 14.3. The third-order valence-corrected chi connectivity index (χ3v) is 5.91. The Balaban J connectivity index is 1.73. The van der Waals surface area contributed by atoms with Crippen LogP contribution < -0.4 is 5.32 Å². The van der Waals surface area contributed by atoms with E-state index in [1.54, 1.807) is 0 Å². The Labute approximate surface area is 180 Å².